The minimum absolute atomic E-state index is 0. The van der Waals surface area contributed by atoms with Gasteiger partial charge in [-0.15, -0.1) is 24.0 Å². The van der Waals surface area contributed by atoms with Crippen molar-refractivity contribution in [3.05, 3.63) is 59.0 Å². The second kappa shape index (κ2) is 9.98. The van der Waals surface area contributed by atoms with Gasteiger partial charge in [-0.1, -0.05) is 12.1 Å². The van der Waals surface area contributed by atoms with Gasteiger partial charge in [-0.05, 0) is 50.6 Å². The summed E-state index contributed by atoms with van der Waals surface area (Å²) in [5, 5.41) is 15.5. The van der Waals surface area contributed by atoms with Gasteiger partial charge in [0.05, 0.1) is 24.2 Å². The van der Waals surface area contributed by atoms with E-state index in [-0.39, 0.29) is 30.0 Å². The highest BCUT2D eigenvalue weighted by atomic mass is 127. The second-order valence-electron chi connectivity index (χ2n) is 5.32. The molecule has 0 aliphatic heterocycles. The van der Waals surface area contributed by atoms with Gasteiger partial charge >= 0.3 is 0 Å². The third-order valence-corrected chi connectivity index (χ3v) is 3.36. The highest BCUT2D eigenvalue weighted by Crippen LogP contribution is 2.15. The van der Waals surface area contributed by atoms with E-state index in [1.54, 1.807) is 6.07 Å². The molecule has 24 heavy (non-hydrogen) atoms. The Hall–Kier alpha value is -2.01. The van der Waals surface area contributed by atoms with Gasteiger partial charge in [0, 0.05) is 6.54 Å². The van der Waals surface area contributed by atoms with Crippen LogP contribution >= 0.6 is 24.0 Å². The zero-order valence-electron chi connectivity index (χ0n) is 14.2. The summed E-state index contributed by atoms with van der Waals surface area (Å²) in [7, 11) is 0. The molecule has 0 saturated heterocycles. The molecule has 2 aromatic rings. The quantitative estimate of drug-likeness (QED) is 0.422. The first-order valence-electron chi connectivity index (χ1n) is 7.72. The average Bonchev–Trinajstić information content (AvgIpc) is 2.99. The maximum absolute atomic E-state index is 8.95. The number of nitrogens with zero attached hydrogens (tertiary/aromatic N) is 2. The van der Waals surface area contributed by atoms with E-state index in [1.165, 1.54) is 0 Å². The fraction of sp³-hybridized carbons (Fsp3) is 0.333. The van der Waals surface area contributed by atoms with Gasteiger partial charge in [-0.3, -0.25) is 0 Å². The molecule has 0 spiro atoms. The standard InChI is InChI=1S/C18H22N4O.HI/c1-4-20-18(22-14(3)17-9-8-13(2)23-17)21-12-16-7-5-6-15(10-16)11-19;/h5-10,14H,4,12H2,1-3H3,(H2,20,21,22);1H. The van der Waals surface area contributed by atoms with Crippen molar-refractivity contribution in [1.29, 1.82) is 5.26 Å². The van der Waals surface area contributed by atoms with E-state index in [1.807, 2.05) is 51.1 Å². The fourth-order valence-corrected chi connectivity index (χ4v) is 2.19. The van der Waals surface area contributed by atoms with Crippen molar-refractivity contribution >= 4 is 29.9 Å². The van der Waals surface area contributed by atoms with E-state index in [9.17, 15) is 0 Å². The maximum Gasteiger partial charge on any atom is 0.192 e. The number of guanidine groups is 1. The van der Waals surface area contributed by atoms with Crippen molar-refractivity contribution < 1.29 is 4.42 Å². The van der Waals surface area contributed by atoms with Gasteiger partial charge in [0.1, 0.15) is 11.5 Å². The first-order chi connectivity index (χ1) is 11.1. The van der Waals surface area contributed by atoms with Crippen molar-refractivity contribution in [3.8, 4) is 6.07 Å². The van der Waals surface area contributed by atoms with E-state index < -0.39 is 0 Å². The third-order valence-electron chi connectivity index (χ3n) is 3.36. The molecule has 0 radical (unpaired) electrons. The van der Waals surface area contributed by atoms with Gasteiger partial charge in [0.2, 0.25) is 0 Å². The molecule has 1 atom stereocenters. The molecule has 0 amide bonds. The van der Waals surface area contributed by atoms with Crippen LogP contribution in [0.25, 0.3) is 0 Å². The molecule has 1 heterocycles. The second-order valence-corrected chi connectivity index (χ2v) is 5.32. The molecule has 0 fully saturated rings. The summed E-state index contributed by atoms with van der Waals surface area (Å²) in [5.41, 5.74) is 1.65. The molecule has 1 aromatic heterocycles. The molecule has 1 aromatic carbocycles. The lowest BCUT2D eigenvalue weighted by atomic mass is 10.1. The molecule has 5 nitrogen and oxygen atoms in total. The van der Waals surface area contributed by atoms with E-state index in [2.05, 4.69) is 21.7 Å². The van der Waals surface area contributed by atoms with E-state index >= 15 is 0 Å². The Kier molecular flexibility index (Phi) is 8.33. The number of hydrogen-bond donors (Lipinski definition) is 2. The lowest BCUT2D eigenvalue weighted by Crippen LogP contribution is -2.38. The van der Waals surface area contributed by atoms with Gasteiger partial charge in [-0.25, -0.2) is 4.99 Å². The zero-order valence-corrected chi connectivity index (χ0v) is 16.5. The first kappa shape index (κ1) is 20.0. The summed E-state index contributed by atoms with van der Waals surface area (Å²) in [4.78, 5) is 4.57. The first-order valence-corrected chi connectivity index (χ1v) is 7.72. The summed E-state index contributed by atoms with van der Waals surface area (Å²) in [6, 6.07) is 13.6. The molecule has 6 heteroatoms. The molecule has 128 valence electrons. The molecule has 1 unspecified atom stereocenters. The van der Waals surface area contributed by atoms with Crippen LogP contribution in [0.2, 0.25) is 0 Å². The number of aryl methyl sites for hydroxylation is 1. The van der Waals surface area contributed by atoms with Crippen LogP contribution in [0.1, 0.15) is 42.5 Å². The number of furan rings is 1. The summed E-state index contributed by atoms with van der Waals surface area (Å²) < 4.78 is 5.64. The number of rotatable bonds is 5. The Morgan fingerprint density at radius 3 is 2.75 bits per heavy atom. The Balaban J connectivity index is 0.00000288. The van der Waals surface area contributed by atoms with Crippen LogP contribution < -0.4 is 10.6 Å². The van der Waals surface area contributed by atoms with Crippen LogP contribution in [0.4, 0.5) is 0 Å². The number of benzene rings is 1. The number of aliphatic imine (C=N–C) groups is 1. The van der Waals surface area contributed by atoms with Crippen molar-refractivity contribution in [2.45, 2.75) is 33.4 Å². The van der Waals surface area contributed by atoms with Crippen LogP contribution in [-0.2, 0) is 6.54 Å². The Labute approximate surface area is 160 Å². The van der Waals surface area contributed by atoms with Gasteiger partial charge < -0.3 is 15.1 Å². The van der Waals surface area contributed by atoms with Crippen molar-refractivity contribution in [1.82, 2.24) is 10.6 Å². The number of nitriles is 1. The molecule has 0 aliphatic carbocycles. The topological polar surface area (TPSA) is 73.3 Å². The molecule has 0 saturated carbocycles. The van der Waals surface area contributed by atoms with Crippen LogP contribution in [0.3, 0.4) is 0 Å². The van der Waals surface area contributed by atoms with E-state index in [4.69, 9.17) is 9.68 Å². The number of halogens is 1. The lowest BCUT2D eigenvalue weighted by molar-refractivity contribution is 0.441. The summed E-state index contributed by atoms with van der Waals surface area (Å²) in [6.45, 7) is 7.26. The highest BCUT2D eigenvalue weighted by Gasteiger charge is 2.11. The summed E-state index contributed by atoms with van der Waals surface area (Å²) >= 11 is 0. The summed E-state index contributed by atoms with van der Waals surface area (Å²) in [6.07, 6.45) is 0. The molecule has 0 aliphatic rings. The van der Waals surface area contributed by atoms with Crippen LogP contribution in [0, 0.1) is 18.3 Å². The zero-order chi connectivity index (χ0) is 16.7. The largest absolute Gasteiger partial charge is 0.464 e. The predicted molar refractivity (Wildman–Crippen MR) is 106 cm³/mol. The van der Waals surface area contributed by atoms with E-state index in [0.29, 0.717) is 12.1 Å². The van der Waals surface area contributed by atoms with Gasteiger partial charge in [0.15, 0.2) is 5.96 Å². The van der Waals surface area contributed by atoms with E-state index in [0.717, 1.165) is 29.6 Å². The average molecular weight is 438 g/mol. The normalized spacial score (nSPS) is 12.0. The molecule has 2 N–H and O–H groups in total. The SMILES string of the molecule is CCNC(=NCc1cccc(C#N)c1)NC(C)c1ccc(C)o1.I. The monoisotopic (exact) mass is 438 g/mol. The minimum Gasteiger partial charge on any atom is -0.464 e. The lowest BCUT2D eigenvalue weighted by Gasteiger charge is -2.16. The third kappa shape index (κ3) is 5.89. The maximum atomic E-state index is 8.95. The highest BCUT2D eigenvalue weighted by molar-refractivity contribution is 14.0. The number of hydrogen-bond acceptors (Lipinski definition) is 3. The van der Waals surface area contributed by atoms with Crippen molar-refractivity contribution in [2.24, 2.45) is 4.99 Å². The van der Waals surface area contributed by atoms with Crippen molar-refractivity contribution in [2.75, 3.05) is 6.54 Å². The van der Waals surface area contributed by atoms with Crippen LogP contribution in [-0.4, -0.2) is 12.5 Å². The molecule has 0 bridgehead atoms. The fourth-order valence-electron chi connectivity index (χ4n) is 2.19. The molecular weight excluding hydrogens is 415 g/mol. The summed E-state index contributed by atoms with van der Waals surface area (Å²) in [5.74, 6) is 2.49. The van der Waals surface area contributed by atoms with Gasteiger partial charge in [-0.2, -0.15) is 5.26 Å². The number of nitrogens with one attached hydrogen (secondary N) is 2. The Bertz CT molecular complexity index is 718. The minimum atomic E-state index is 0. The molecular formula is C18H23IN4O. The molecule has 2 rings (SSSR count). The Morgan fingerprint density at radius 2 is 2.12 bits per heavy atom. The smallest absolute Gasteiger partial charge is 0.192 e. The van der Waals surface area contributed by atoms with Gasteiger partial charge in [0.25, 0.3) is 0 Å². The van der Waals surface area contributed by atoms with Crippen LogP contribution in [0.15, 0.2) is 45.8 Å². The Morgan fingerprint density at radius 1 is 1.33 bits per heavy atom. The van der Waals surface area contributed by atoms with Crippen LogP contribution in [0.5, 0.6) is 0 Å². The van der Waals surface area contributed by atoms with Crippen molar-refractivity contribution in [3.63, 3.8) is 0 Å². The predicted octanol–water partition coefficient (Wildman–Crippen LogP) is 3.89.